The second-order valence-electron chi connectivity index (χ2n) is 4.79. The van der Waals surface area contributed by atoms with E-state index in [1.807, 2.05) is 36.1 Å². The highest BCUT2D eigenvalue weighted by atomic mass is 19.1. The fourth-order valence-electron chi connectivity index (χ4n) is 2.56. The number of benzene rings is 2. The summed E-state index contributed by atoms with van der Waals surface area (Å²) in [6, 6.07) is 12.5. The third-order valence-corrected chi connectivity index (χ3v) is 3.59. The summed E-state index contributed by atoms with van der Waals surface area (Å²) in [5.74, 6) is -0.256. The van der Waals surface area contributed by atoms with Crippen molar-refractivity contribution in [2.75, 3.05) is 17.2 Å². The van der Waals surface area contributed by atoms with Crippen LogP contribution in [0.2, 0.25) is 0 Å². The molecule has 21 heavy (non-hydrogen) atoms. The predicted molar refractivity (Wildman–Crippen MR) is 85.2 cm³/mol. The Bertz CT molecular complexity index is 786. The molecule has 0 saturated carbocycles. The number of nitrogens with two attached hydrogens (primary N) is 1. The fourth-order valence-corrected chi connectivity index (χ4v) is 2.56. The predicted octanol–water partition coefficient (Wildman–Crippen LogP) is 4.11. The molecule has 0 fully saturated rings. The second kappa shape index (κ2) is 5.40. The van der Waals surface area contributed by atoms with Crippen LogP contribution in [0.4, 0.5) is 21.5 Å². The molecule has 0 aliphatic carbocycles. The summed E-state index contributed by atoms with van der Waals surface area (Å²) in [4.78, 5) is 5.97. The first-order valence-electron chi connectivity index (χ1n) is 6.86. The smallest absolute Gasteiger partial charge is 0.146 e. The number of hydrogen-bond donors (Lipinski definition) is 1. The molecule has 0 amide bonds. The molecule has 0 radical (unpaired) electrons. The SMILES string of the molecule is CCN(c1ccccc1F)c1ccc2cnccc2c1N. The van der Waals surface area contributed by atoms with E-state index in [-0.39, 0.29) is 5.82 Å². The largest absolute Gasteiger partial charge is 0.397 e. The lowest BCUT2D eigenvalue weighted by atomic mass is 10.1. The number of nitrogens with zero attached hydrogens (tertiary/aromatic N) is 2. The van der Waals surface area contributed by atoms with Crippen LogP contribution in [0.1, 0.15) is 6.92 Å². The molecule has 0 bridgehead atoms. The zero-order chi connectivity index (χ0) is 14.8. The number of fused-ring (bicyclic) bond motifs is 1. The third-order valence-electron chi connectivity index (χ3n) is 3.59. The molecule has 3 nitrogen and oxygen atoms in total. The maximum absolute atomic E-state index is 14.1. The van der Waals surface area contributed by atoms with Gasteiger partial charge in [0.25, 0.3) is 0 Å². The van der Waals surface area contributed by atoms with Crippen LogP contribution >= 0.6 is 0 Å². The van der Waals surface area contributed by atoms with Crippen LogP contribution in [0.15, 0.2) is 54.9 Å². The molecule has 0 atom stereocenters. The topological polar surface area (TPSA) is 42.2 Å². The minimum Gasteiger partial charge on any atom is -0.397 e. The van der Waals surface area contributed by atoms with Crippen molar-refractivity contribution >= 4 is 27.8 Å². The van der Waals surface area contributed by atoms with Gasteiger partial charge in [-0.3, -0.25) is 4.98 Å². The van der Waals surface area contributed by atoms with E-state index in [0.29, 0.717) is 17.9 Å². The maximum Gasteiger partial charge on any atom is 0.146 e. The van der Waals surface area contributed by atoms with E-state index in [4.69, 9.17) is 5.73 Å². The normalized spacial score (nSPS) is 10.8. The van der Waals surface area contributed by atoms with Crippen molar-refractivity contribution in [3.05, 3.63) is 60.7 Å². The van der Waals surface area contributed by atoms with Crippen LogP contribution in [-0.4, -0.2) is 11.5 Å². The van der Waals surface area contributed by atoms with Crippen molar-refractivity contribution in [3.8, 4) is 0 Å². The lowest BCUT2D eigenvalue weighted by Gasteiger charge is -2.25. The average molecular weight is 281 g/mol. The third kappa shape index (κ3) is 2.29. The zero-order valence-electron chi connectivity index (χ0n) is 11.8. The molecule has 0 aliphatic rings. The lowest BCUT2D eigenvalue weighted by Crippen LogP contribution is -2.18. The van der Waals surface area contributed by atoms with Crippen molar-refractivity contribution in [2.24, 2.45) is 0 Å². The molecule has 1 aromatic heterocycles. The quantitative estimate of drug-likeness (QED) is 0.734. The summed E-state index contributed by atoms with van der Waals surface area (Å²) in [7, 11) is 0. The Morgan fingerprint density at radius 3 is 2.67 bits per heavy atom. The van der Waals surface area contributed by atoms with Crippen molar-refractivity contribution in [1.29, 1.82) is 0 Å². The van der Waals surface area contributed by atoms with Gasteiger partial charge in [-0.2, -0.15) is 0 Å². The van der Waals surface area contributed by atoms with Gasteiger partial charge in [0.05, 0.1) is 17.1 Å². The maximum atomic E-state index is 14.1. The fraction of sp³-hybridized carbons (Fsp3) is 0.118. The molecule has 2 N–H and O–H groups in total. The van der Waals surface area contributed by atoms with Crippen LogP contribution < -0.4 is 10.6 Å². The van der Waals surface area contributed by atoms with Gasteiger partial charge in [-0.25, -0.2) is 4.39 Å². The van der Waals surface area contributed by atoms with Crippen molar-refractivity contribution in [2.45, 2.75) is 6.92 Å². The first kappa shape index (κ1) is 13.4. The molecule has 0 unspecified atom stereocenters. The summed E-state index contributed by atoms with van der Waals surface area (Å²) in [6.07, 6.45) is 3.48. The average Bonchev–Trinajstić information content (AvgIpc) is 2.52. The number of rotatable bonds is 3. The van der Waals surface area contributed by atoms with E-state index in [0.717, 1.165) is 16.5 Å². The van der Waals surface area contributed by atoms with Gasteiger partial charge in [0.2, 0.25) is 0 Å². The second-order valence-corrected chi connectivity index (χ2v) is 4.79. The van der Waals surface area contributed by atoms with Gasteiger partial charge in [0, 0.05) is 29.7 Å². The summed E-state index contributed by atoms with van der Waals surface area (Å²) in [5, 5.41) is 1.90. The Balaban J connectivity index is 2.18. The summed E-state index contributed by atoms with van der Waals surface area (Å²) in [6.45, 7) is 2.60. The number of pyridine rings is 1. The number of para-hydroxylation sites is 1. The van der Waals surface area contributed by atoms with E-state index < -0.39 is 0 Å². The minimum atomic E-state index is -0.256. The molecule has 0 aliphatic heterocycles. The van der Waals surface area contributed by atoms with Crippen LogP contribution in [0.5, 0.6) is 0 Å². The minimum absolute atomic E-state index is 0.256. The Morgan fingerprint density at radius 1 is 1.10 bits per heavy atom. The van der Waals surface area contributed by atoms with E-state index in [2.05, 4.69) is 4.98 Å². The van der Waals surface area contributed by atoms with E-state index in [9.17, 15) is 4.39 Å². The monoisotopic (exact) mass is 281 g/mol. The van der Waals surface area contributed by atoms with Gasteiger partial charge in [-0.05, 0) is 31.2 Å². The highest BCUT2D eigenvalue weighted by Gasteiger charge is 2.15. The molecule has 0 saturated heterocycles. The van der Waals surface area contributed by atoms with Crippen LogP contribution in [-0.2, 0) is 0 Å². The zero-order valence-corrected chi connectivity index (χ0v) is 11.8. The van der Waals surface area contributed by atoms with Gasteiger partial charge in [-0.1, -0.05) is 18.2 Å². The Hall–Kier alpha value is -2.62. The number of halogens is 1. The van der Waals surface area contributed by atoms with Crippen molar-refractivity contribution in [1.82, 2.24) is 4.98 Å². The number of nitrogen functional groups attached to an aromatic ring is 1. The van der Waals surface area contributed by atoms with Gasteiger partial charge in [-0.15, -0.1) is 0 Å². The molecule has 3 aromatic rings. The number of hydrogen-bond acceptors (Lipinski definition) is 3. The first-order valence-corrected chi connectivity index (χ1v) is 6.86. The molecular formula is C17H16FN3. The highest BCUT2D eigenvalue weighted by molar-refractivity contribution is 5.99. The van der Waals surface area contributed by atoms with Gasteiger partial charge in [0.1, 0.15) is 5.82 Å². The van der Waals surface area contributed by atoms with Crippen molar-refractivity contribution in [3.63, 3.8) is 0 Å². The molecule has 3 rings (SSSR count). The van der Waals surface area contributed by atoms with E-state index >= 15 is 0 Å². The molecule has 2 aromatic carbocycles. The van der Waals surface area contributed by atoms with Gasteiger partial charge >= 0.3 is 0 Å². The van der Waals surface area contributed by atoms with E-state index in [1.165, 1.54) is 6.07 Å². The van der Waals surface area contributed by atoms with Gasteiger partial charge < -0.3 is 10.6 Å². The van der Waals surface area contributed by atoms with E-state index in [1.54, 1.807) is 24.5 Å². The van der Waals surface area contributed by atoms with Crippen LogP contribution in [0.3, 0.4) is 0 Å². The first-order chi connectivity index (χ1) is 10.2. The molecule has 1 heterocycles. The molecule has 0 spiro atoms. The number of anilines is 3. The molecule has 4 heteroatoms. The Labute approximate surface area is 122 Å². The van der Waals surface area contributed by atoms with Gasteiger partial charge in [0.15, 0.2) is 0 Å². The molecule has 106 valence electrons. The Morgan fingerprint density at radius 2 is 1.90 bits per heavy atom. The van der Waals surface area contributed by atoms with Crippen molar-refractivity contribution < 1.29 is 4.39 Å². The summed E-state index contributed by atoms with van der Waals surface area (Å²) in [5.41, 5.74) is 8.26. The van der Waals surface area contributed by atoms with Crippen LogP contribution in [0, 0.1) is 5.82 Å². The van der Waals surface area contributed by atoms with Crippen LogP contribution in [0.25, 0.3) is 10.8 Å². The Kier molecular flexibility index (Phi) is 3.44. The number of aromatic nitrogens is 1. The highest BCUT2D eigenvalue weighted by Crippen LogP contribution is 2.35. The summed E-state index contributed by atoms with van der Waals surface area (Å²) >= 11 is 0. The standard InChI is InChI=1S/C17H16FN3/c1-2-21(15-6-4-3-5-14(15)18)16-8-7-12-11-20-10-9-13(12)17(16)19/h3-11H,2,19H2,1H3. The molecular weight excluding hydrogens is 265 g/mol. The summed E-state index contributed by atoms with van der Waals surface area (Å²) < 4.78 is 14.1. The lowest BCUT2D eigenvalue weighted by molar-refractivity contribution is 0.626.